The number of carbonyl (C=O) groups excluding carboxylic acids is 1. The number of nitrogens with zero attached hydrogens (tertiary/aromatic N) is 1. The molecule has 0 radical (unpaired) electrons. The van der Waals surface area contributed by atoms with Crippen LogP contribution in [0.25, 0.3) is 0 Å². The third-order valence-corrected chi connectivity index (χ3v) is 2.56. The minimum absolute atomic E-state index is 0.0254. The van der Waals surface area contributed by atoms with Gasteiger partial charge in [-0.25, -0.2) is 4.79 Å². The zero-order chi connectivity index (χ0) is 13.5. The molecule has 0 saturated carbocycles. The summed E-state index contributed by atoms with van der Waals surface area (Å²) in [4.78, 5) is 23.9. The summed E-state index contributed by atoms with van der Waals surface area (Å²) in [6.07, 6.45) is 0.303. The highest BCUT2D eigenvalue weighted by Gasteiger charge is 2.29. The number of aliphatic carboxylic acids is 1. The van der Waals surface area contributed by atoms with E-state index in [2.05, 4.69) is 5.32 Å². The van der Waals surface area contributed by atoms with Crippen molar-refractivity contribution in [1.82, 2.24) is 10.2 Å². The van der Waals surface area contributed by atoms with Crippen molar-refractivity contribution >= 4 is 11.9 Å². The largest absolute Gasteiger partial charge is 0.479 e. The summed E-state index contributed by atoms with van der Waals surface area (Å²) >= 11 is 0. The first-order valence-electron chi connectivity index (χ1n) is 5.79. The highest BCUT2D eigenvalue weighted by molar-refractivity contribution is 5.77. The van der Waals surface area contributed by atoms with Crippen molar-refractivity contribution in [3.8, 4) is 0 Å². The fourth-order valence-electron chi connectivity index (χ4n) is 1.34. The number of hydrogen-bond donors (Lipinski definition) is 3. The minimum atomic E-state index is -1.79. The van der Waals surface area contributed by atoms with E-state index in [1.165, 1.54) is 6.92 Å². The van der Waals surface area contributed by atoms with Crippen LogP contribution in [0.1, 0.15) is 27.2 Å². The van der Waals surface area contributed by atoms with E-state index in [4.69, 9.17) is 5.11 Å². The first kappa shape index (κ1) is 15.9. The summed E-state index contributed by atoms with van der Waals surface area (Å²) in [5, 5.41) is 20.8. The molecular formula is C11H22N2O4. The molecule has 100 valence electrons. The van der Waals surface area contributed by atoms with Crippen LogP contribution in [0.5, 0.6) is 0 Å². The maximum absolute atomic E-state index is 11.6. The number of rotatable bonds is 8. The van der Waals surface area contributed by atoms with Crippen molar-refractivity contribution in [1.29, 1.82) is 0 Å². The smallest absolute Gasteiger partial charge is 0.336 e. The Morgan fingerprint density at radius 2 is 1.82 bits per heavy atom. The molecule has 0 aliphatic heterocycles. The minimum Gasteiger partial charge on any atom is -0.479 e. The molecule has 0 aliphatic rings. The lowest BCUT2D eigenvalue weighted by Gasteiger charge is -2.20. The van der Waals surface area contributed by atoms with Gasteiger partial charge in [-0.3, -0.25) is 4.79 Å². The van der Waals surface area contributed by atoms with Crippen molar-refractivity contribution in [3.63, 3.8) is 0 Å². The van der Waals surface area contributed by atoms with Gasteiger partial charge < -0.3 is 20.4 Å². The van der Waals surface area contributed by atoms with E-state index in [1.807, 2.05) is 13.8 Å². The maximum atomic E-state index is 11.6. The van der Waals surface area contributed by atoms with Crippen LogP contribution < -0.4 is 5.32 Å². The fraction of sp³-hybridized carbons (Fsp3) is 0.818. The molecule has 0 aromatic rings. The number of carboxylic acids is 1. The van der Waals surface area contributed by atoms with E-state index in [0.29, 0.717) is 26.1 Å². The molecule has 0 spiro atoms. The molecule has 0 saturated heterocycles. The van der Waals surface area contributed by atoms with Crippen molar-refractivity contribution in [3.05, 3.63) is 0 Å². The quantitative estimate of drug-likeness (QED) is 0.510. The first-order chi connectivity index (χ1) is 7.85. The third-order valence-electron chi connectivity index (χ3n) is 2.56. The van der Waals surface area contributed by atoms with Gasteiger partial charge in [0.05, 0.1) is 0 Å². The van der Waals surface area contributed by atoms with Crippen LogP contribution in [-0.4, -0.2) is 58.8 Å². The van der Waals surface area contributed by atoms with Crippen LogP contribution in [0, 0.1) is 0 Å². The number of amides is 1. The second-order valence-corrected chi connectivity index (χ2v) is 4.07. The number of aliphatic hydroxyl groups is 1. The van der Waals surface area contributed by atoms with E-state index >= 15 is 0 Å². The van der Waals surface area contributed by atoms with E-state index in [-0.39, 0.29) is 12.5 Å². The van der Waals surface area contributed by atoms with Crippen LogP contribution in [0.3, 0.4) is 0 Å². The summed E-state index contributed by atoms with van der Waals surface area (Å²) < 4.78 is 0. The fourth-order valence-corrected chi connectivity index (χ4v) is 1.34. The Kier molecular flexibility index (Phi) is 6.75. The molecule has 0 heterocycles. The molecule has 1 amide bonds. The average molecular weight is 246 g/mol. The van der Waals surface area contributed by atoms with Gasteiger partial charge in [0, 0.05) is 32.6 Å². The van der Waals surface area contributed by atoms with Gasteiger partial charge in [0.2, 0.25) is 5.91 Å². The van der Waals surface area contributed by atoms with Gasteiger partial charge in [-0.05, 0) is 20.8 Å². The van der Waals surface area contributed by atoms with Crippen molar-refractivity contribution in [2.24, 2.45) is 0 Å². The maximum Gasteiger partial charge on any atom is 0.336 e. The van der Waals surface area contributed by atoms with Crippen molar-refractivity contribution < 1.29 is 19.8 Å². The monoisotopic (exact) mass is 246 g/mol. The van der Waals surface area contributed by atoms with Gasteiger partial charge in [-0.15, -0.1) is 0 Å². The van der Waals surface area contributed by atoms with Crippen LogP contribution in [0.4, 0.5) is 0 Å². The predicted molar refractivity (Wildman–Crippen MR) is 63.7 cm³/mol. The first-order valence-corrected chi connectivity index (χ1v) is 5.79. The van der Waals surface area contributed by atoms with Gasteiger partial charge in [0.15, 0.2) is 5.60 Å². The van der Waals surface area contributed by atoms with E-state index in [1.54, 1.807) is 4.90 Å². The molecule has 6 heteroatoms. The Hall–Kier alpha value is -1.14. The molecule has 17 heavy (non-hydrogen) atoms. The lowest BCUT2D eigenvalue weighted by atomic mass is 10.1. The second-order valence-electron chi connectivity index (χ2n) is 4.07. The highest BCUT2D eigenvalue weighted by Crippen LogP contribution is 2.00. The molecule has 0 aromatic carbocycles. The predicted octanol–water partition coefficient (Wildman–Crippen LogP) is -0.330. The third kappa shape index (κ3) is 5.65. The van der Waals surface area contributed by atoms with E-state index < -0.39 is 11.6 Å². The lowest BCUT2D eigenvalue weighted by molar-refractivity contribution is -0.156. The summed E-state index contributed by atoms with van der Waals surface area (Å²) in [7, 11) is 0. The van der Waals surface area contributed by atoms with Gasteiger partial charge >= 0.3 is 5.97 Å². The van der Waals surface area contributed by atoms with E-state index in [9.17, 15) is 14.7 Å². The van der Waals surface area contributed by atoms with Crippen molar-refractivity contribution in [2.45, 2.75) is 32.8 Å². The second kappa shape index (κ2) is 7.24. The summed E-state index contributed by atoms with van der Waals surface area (Å²) in [5.74, 6) is -1.25. The molecule has 0 aliphatic carbocycles. The van der Waals surface area contributed by atoms with Crippen LogP contribution in [-0.2, 0) is 9.59 Å². The number of hydrogen-bond acceptors (Lipinski definition) is 4. The molecule has 0 aromatic heterocycles. The Morgan fingerprint density at radius 1 is 1.29 bits per heavy atom. The SMILES string of the molecule is CCN(CC)C(=O)CCNCC(C)(O)C(=O)O. The molecule has 6 nitrogen and oxygen atoms in total. The Labute approximate surface area is 102 Å². The molecule has 1 atom stereocenters. The standard InChI is InChI=1S/C11H22N2O4/c1-4-13(5-2)9(14)6-7-12-8-11(3,17)10(15)16/h12,17H,4-8H2,1-3H3,(H,15,16). The Bertz CT molecular complexity index is 262. The summed E-state index contributed by atoms with van der Waals surface area (Å²) in [6, 6.07) is 0. The van der Waals surface area contributed by atoms with Crippen molar-refractivity contribution in [2.75, 3.05) is 26.2 Å². The lowest BCUT2D eigenvalue weighted by Crippen LogP contribution is -2.45. The van der Waals surface area contributed by atoms with Gasteiger partial charge in [-0.1, -0.05) is 0 Å². The molecule has 3 N–H and O–H groups in total. The van der Waals surface area contributed by atoms with Crippen LogP contribution >= 0.6 is 0 Å². The zero-order valence-corrected chi connectivity index (χ0v) is 10.7. The number of carbonyl (C=O) groups is 2. The molecule has 0 rings (SSSR count). The van der Waals surface area contributed by atoms with E-state index in [0.717, 1.165) is 0 Å². The molecule has 1 unspecified atom stereocenters. The zero-order valence-electron chi connectivity index (χ0n) is 10.7. The molecule has 0 bridgehead atoms. The highest BCUT2D eigenvalue weighted by atomic mass is 16.4. The van der Waals surface area contributed by atoms with Gasteiger partial charge in [0.25, 0.3) is 0 Å². The normalized spacial score (nSPS) is 14.1. The molecule has 0 fully saturated rings. The van der Waals surface area contributed by atoms with Crippen LogP contribution in [0.2, 0.25) is 0 Å². The van der Waals surface area contributed by atoms with Gasteiger partial charge in [0.1, 0.15) is 0 Å². The molecular weight excluding hydrogens is 224 g/mol. The Balaban J connectivity index is 3.86. The average Bonchev–Trinajstić information content (AvgIpc) is 2.26. The Morgan fingerprint density at radius 3 is 2.24 bits per heavy atom. The van der Waals surface area contributed by atoms with Gasteiger partial charge in [-0.2, -0.15) is 0 Å². The topological polar surface area (TPSA) is 89.9 Å². The number of nitrogens with one attached hydrogen (secondary N) is 1. The number of carboxylic acid groups (broad SMARTS) is 1. The summed E-state index contributed by atoms with van der Waals surface area (Å²) in [5.41, 5.74) is -1.79. The van der Waals surface area contributed by atoms with Crippen LogP contribution in [0.15, 0.2) is 0 Å². The summed E-state index contributed by atoms with van der Waals surface area (Å²) in [6.45, 7) is 6.65.